The van der Waals surface area contributed by atoms with E-state index < -0.39 is 0 Å². The molecule has 0 radical (unpaired) electrons. The number of piperidine rings is 1. The summed E-state index contributed by atoms with van der Waals surface area (Å²) in [6.45, 7) is 5.54. The number of aliphatic hydroxyl groups is 1. The molecule has 3 heteroatoms. The molecule has 1 aliphatic rings. The minimum absolute atomic E-state index is 0.0553. The van der Waals surface area contributed by atoms with E-state index in [4.69, 9.17) is 5.11 Å². The number of benzene rings is 1. The first kappa shape index (κ1) is 13.3. The van der Waals surface area contributed by atoms with Crippen LogP contribution in [0.1, 0.15) is 33.1 Å². The van der Waals surface area contributed by atoms with E-state index in [9.17, 15) is 4.39 Å². The Morgan fingerprint density at radius 1 is 1.44 bits per heavy atom. The molecular weight excluding hydrogens is 229 g/mol. The van der Waals surface area contributed by atoms with Crippen LogP contribution in [0.5, 0.6) is 0 Å². The van der Waals surface area contributed by atoms with Crippen molar-refractivity contribution >= 4 is 5.69 Å². The van der Waals surface area contributed by atoms with Gasteiger partial charge >= 0.3 is 0 Å². The smallest absolute Gasteiger partial charge is 0.125 e. The van der Waals surface area contributed by atoms with Crippen LogP contribution in [-0.2, 0) is 0 Å². The molecule has 2 rings (SSSR count). The highest BCUT2D eigenvalue weighted by Gasteiger charge is 2.34. The average molecular weight is 251 g/mol. The monoisotopic (exact) mass is 251 g/mol. The Bertz CT molecular complexity index is 405. The van der Waals surface area contributed by atoms with E-state index in [1.807, 2.05) is 6.07 Å². The van der Waals surface area contributed by atoms with Crippen LogP contribution in [0, 0.1) is 11.7 Å². The van der Waals surface area contributed by atoms with Crippen molar-refractivity contribution < 1.29 is 9.50 Å². The second kappa shape index (κ2) is 5.27. The topological polar surface area (TPSA) is 23.5 Å². The predicted molar refractivity (Wildman–Crippen MR) is 72.3 cm³/mol. The molecule has 1 aromatic rings. The number of hydrogen-bond donors (Lipinski definition) is 1. The van der Waals surface area contributed by atoms with Crippen LogP contribution in [0.4, 0.5) is 10.1 Å². The quantitative estimate of drug-likeness (QED) is 0.891. The SMILES string of the molecule is CC1(C)CCC(CCO)CN1c1cccc(F)c1. The molecule has 0 aliphatic carbocycles. The molecule has 1 N–H and O–H groups in total. The zero-order valence-corrected chi connectivity index (χ0v) is 11.2. The molecule has 100 valence electrons. The molecular formula is C15H22FNO. The summed E-state index contributed by atoms with van der Waals surface area (Å²) in [6, 6.07) is 6.80. The Balaban J connectivity index is 2.21. The summed E-state index contributed by atoms with van der Waals surface area (Å²) >= 11 is 0. The van der Waals surface area contributed by atoms with Crippen molar-refractivity contribution in [3.63, 3.8) is 0 Å². The lowest BCUT2D eigenvalue weighted by atomic mass is 9.83. The van der Waals surface area contributed by atoms with Crippen molar-refractivity contribution in [2.45, 2.75) is 38.6 Å². The Hall–Kier alpha value is -1.09. The van der Waals surface area contributed by atoms with Gasteiger partial charge in [0, 0.05) is 24.4 Å². The van der Waals surface area contributed by atoms with Crippen LogP contribution in [0.25, 0.3) is 0 Å². The summed E-state index contributed by atoms with van der Waals surface area (Å²) in [7, 11) is 0. The molecule has 0 spiro atoms. The highest BCUT2D eigenvalue weighted by atomic mass is 19.1. The third kappa shape index (κ3) is 2.83. The predicted octanol–water partition coefficient (Wildman–Crippen LogP) is 3.20. The van der Waals surface area contributed by atoms with Crippen molar-refractivity contribution in [1.82, 2.24) is 0 Å². The zero-order valence-electron chi connectivity index (χ0n) is 11.2. The normalized spacial score (nSPS) is 23.1. The molecule has 2 nitrogen and oxygen atoms in total. The summed E-state index contributed by atoms with van der Waals surface area (Å²) < 4.78 is 13.4. The summed E-state index contributed by atoms with van der Waals surface area (Å²) in [5.41, 5.74) is 1.00. The van der Waals surface area contributed by atoms with E-state index in [2.05, 4.69) is 18.7 Å². The largest absolute Gasteiger partial charge is 0.396 e. The number of nitrogens with zero attached hydrogens (tertiary/aromatic N) is 1. The summed E-state index contributed by atoms with van der Waals surface area (Å²) in [5.74, 6) is 0.318. The first-order valence-electron chi connectivity index (χ1n) is 6.67. The maximum Gasteiger partial charge on any atom is 0.125 e. The Morgan fingerprint density at radius 3 is 2.89 bits per heavy atom. The fourth-order valence-corrected chi connectivity index (χ4v) is 2.81. The summed E-state index contributed by atoms with van der Waals surface area (Å²) in [5, 5.41) is 9.07. The van der Waals surface area contributed by atoms with Gasteiger partial charge < -0.3 is 10.0 Å². The lowest BCUT2D eigenvalue weighted by Gasteiger charge is -2.47. The number of halogens is 1. The number of hydrogen-bond acceptors (Lipinski definition) is 2. The number of aliphatic hydroxyl groups excluding tert-OH is 1. The molecule has 1 unspecified atom stereocenters. The van der Waals surface area contributed by atoms with Crippen molar-refractivity contribution in [1.29, 1.82) is 0 Å². The Kier molecular flexibility index (Phi) is 3.91. The fourth-order valence-electron chi connectivity index (χ4n) is 2.81. The van der Waals surface area contributed by atoms with Crippen molar-refractivity contribution in [3.05, 3.63) is 30.1 Å². The third-order valence-corrected chi connectivity index (χ3v) is 3.99. The van der Waals surface area contributed by atoms with Gasteiger partial charge in [-0.1, -0.05) is 6.07 Å². The van der Waals surface area contributed by atoms with Crippen molar-refractivity contribution in [2.24, 2.45) is 5.92 Å². The molecule has 1 atom stereocenters. The lowest BCUT2D eigenvalue weighted by Crippen LogP contribution is -2.50. The van der Waals surface area contributed by atoms with Gasteiger partial charge in [-0.2, -0.15) is 0 Å². The first-order valence-corrected chi connectivity index (χ1v) is 6.67. The van der Waals surface area contributed by atoms with E-state index in [0.717, 1.165) is 31.5 Å². The maximum atomic E-state index is 13.4. The molecule has 1 saturated heterocycles. The van der Waals surface area contributed by atoms with Crippen LogP contribution in [0.15, 0.2) is 24.3 Å². The maximum absolute atomic E-state index is 13.4. The number of anilines is 1. The minimum Gasteiger partial charge on any atom is -0.396 e. The van der Waals surface area contributed by atoms with Gasteiger partial charge in [0.2, 0.25) is 0 Å². The van der Waals surface area contributed by atoms with E-state index in [0.29, 0.717) is 5.92 Å². The van der Waals surface area contributed by atoms with Gasteiger partial charge in [0.25, 0.3) is 0 Å². The van der Waals surface area contributed by atoms with Gasteiger partial charge in [0.1, 0.15) is 5.82 Å². The third-order valence-electron chi connectivity index (χ3n) is 3.99. The molecule has 1 aliphatic heterocycles. The Labute approximate surface area is 108 Å². The molecule has 1 aromatic carbocycles. The zero-order chi connectivity index (χ0) is 13.2. The molecule has 0 amide bonds. The van der Waals surface area contributed by atoms with Gasteiger partial charge in [-0.05, 0) is 57.2 Å². The fraction of sp³-hybridized carbons (Fsp3) is 0.600. The van der Waals surface area contributed by atoms with Crippen LogP contribution >= 0.6 is 0 Å². The number of rotatable bonds is 3. The molecule has 18 heavy (non-hydrogen) atoms. The average Bonchev–Trinajstić information content (AvgIpc) is 2.31. The van der Waals surface area contributed by atoms with Crippen molar-refractivity contribution in [3.8, 4) is 0 Å². The molecule has 0 bridgehead atoms. The highest BCUT2D eigenvalue weighted by Crippen LogP contribution is 2.35. The van der Waals surface area contributed by atoms with Gasteiger partial charge in [-0.15, -0.1) is 0 Å². The lowest BCUT2D eigenvalue weighted by molar-refractivity contribution is 0.217. The highest BCUT2D eigenvalue weighted by molar-refractivity contribution is 5.49. The first-order chi connectivity index (χ1) is 8.53. The van der Waals surface area contributed by atoms with Gasteiger partial charge in [0.15, 0.2) is 0 Å². The minimum atomic E-state index is -0.187. The molecule has 1 heterocycles. The Morgan fingerprint density at radius 2 is 2.22 bits per heavy atom. The van der Waals surface area contributed by atoms with E-state index in [1.54, 1.807) is 12.1 Å². The second-order valence-electron chi connectivity index (χ2n) is 5.82. The van der Waals surface area contributed by atoms with E-state index in [1.165, 1.54) is 6.07 Å². The summed E-state index contributed by atoms with van der Waals surface area (Å²) in [4.78, 5) is 2.28. The second-order valence-corrected chi connectivity index (χ2v) is 5.82. The molecule has 1 fully saturated rings. The summed E-state index contributed by atoms with van der Waals surface area (Å²) in [6.07, 6.45) is 3.05. The molecule has 0 aromatic heterocycles. The van der Waals surface area contributed by atoms with Gasteiger partial charge in [0.05, 0.1) is 0 Å². The van der Waals surface area contributed by atoms with Crippen molar-refractivity contribution in [2.75, 3.05) is 18.1 Å². The van der Waals surface area contributed by atoms with Gasteiger partial charge in [-0.3, -0.25) is 0 Å². The standard InChI is InChI=1S/C15H22FNO/c1-15(2)8-6-12(7-9-18)11-17(15)14-5-3-4-13(16)10-14/h3-5,10,12,18H,6-9,11H2,1-2H3. The van der Waals surface area contributed by atoms with Crippen LogP contribution < -0.4 is 4.90 Å². The van der Waals surface area contributed by atoms with E-state index >= 15 is 0 Å². The molecule has 0 saturated carbocycles. The van der Waals surface area contributed by atoms with Crippen LogP contribution in [0.2, 0.25) is 0 Å². The van der Waals surface area contributed by atoms with Crippen LogP contribution in [0.3, 0.4) is 0 Å². The van der Waals surface area contributed by atoms with E-state index in [-0.39, 0.29) is 18.0 Å². The van der Waals surface area contributed by atoms with Gasteiger partial charge in [-0.25, -0.2) is 4.39 Å². The van der Waals surface area contributed by atoms with Crippen LogP contribution in [-0.4, -0.2) is 23.8 Å².